The molecule has 2 N–H and O–H groups in total. The molecule has 1 aliphatic rings. The first-order valence-corrected chi connectivity index (χ1v) is 7.81. The highest BCUT2D eigenvalue weighted by Crippen LogP contribution is 2.23. The van der Waals surface area contributed by atoms with Crippen molar-refractivity contribution >= 4 is 5.97 Å². The smallest absolute Gasteiger partial charge is 0.337 e. The molecule has 116 valence electrons. The Morgan fingerprint density at radius 1 is 1.24 bits per heavy atom. The van der Waals surface area contributed by atoms with Gasteiger partial charge in [-0.05, 0) is 49.9 Å². The fourth-order valence-electron chi connectivity index (χ4n) is 3.06. The average Bonchev–Trinajstić information content (AvgIpc) is 2.53. The summed E-state index contributed by atoms with van der Waals surface area (Å²) in [6, 6.07) is 8.74. The Bertz CT molecular complexity index is 450. The van der Waals surface area contributed by atoms with Gasteiger partial charge < -0.3 is 10.5 Å². The Hall–Kier alpha value is -1.39. The third-order valence-corrected chi connectivity index (χ3v) is 4.42. The molecular weight excluding hydrogens is 264 g/mol. The van der Waals surface area contributed by atoms with Gasteiger partial charge in [-0.25, -0.2) is 4.79 Å². The fourth-order valence-corrected chi connectivity index (χ4v) is 3.06. The Morgan fingerprint density at radius 2 is 1.86 bits per heavy atom. The molecule has 2 rings (SSSR count). The van der Waals surface area contributed by atoms with Gasteiger partial charge in [0.15, 0.2) is 0 Å². The lowest BCUT2D eigenvalue weighted by atomic mass is 9.90. The summed E-state index contributed by atoms with van der Waals surface area (Å²) in [5.74, 6) is -0.282. The predicted molar refractivity (Wildman–Crippen MR) is 84.1 cm³/mol. The molecule has 4 nitrogen and oxygen atoms in total. The molecule has 0 aromatic heterocycles. The van der Waals surface area contributed by atoms with Crippen LogP contribution in [0.5, 0.6) is 0 Å². The highest BCUT2D eigenvalue weighted by atomic mass is 16.5. The number of carbonyl (C=O) groups is 1. The number of esters is 1. The summed E-state index contributed by atoms with van der Waals surface area (Å²) in [5.41, 5.74) is 7.83. The van der Waals surface area contributed by atoms with Gasteiger partial charge in [0.05, 0.1) is 12.7 Å². The van der Waals surface area contributed by atoms with Crippen molar-refractivity contribution < 1.29 is 9.53 Å². The van der Waals surface area contributed by atoms with Crippen LogP contribution in [-0.4, -0.2) is 36.6 Å². The average molecular weight is 290 g/mol. The molecule has 0 saturated heterocycles. The van der Waals surface area contributed by atoms with E-state index in [1.54, 1.807) is 0 Å². The third-order valence-electron chi connectivity index (χ3n) is 4.42. The zero-order valence-corrected chi connectivity index (χ0v) is 13.0. The van der Waals surface area contributed by atoms with Crippen molar-refractivity contribution in [3.63, 3.8) is 0 Å². The van der Waals surface area contributed by atoms with Crippen LogP contribution >= 0.6 is 0 Å². The fraction of sp³-hybridized carbons (Fsp3) is 0.588. The molecule has 0 bridgehead atoms. The van der Waals surface area contributed by atoms with Crippen LogP contribution in [-0.2, 0) is 11.3 Å². The number of nitrogens with zero attached hydrogens (tertiary/aromatic N) is 1. The van der Waals surface area contributed by atoms with Crippen molar-refractivity contribution in [1.82, 2.24) is 4.90 Å². The molecule has 0 radical (unpaired) electrons. The maximum Gasteiger partial charge on any atom is 0.337 e. The van der Waals surface area contributed by atoms with Gasteiger partial charge in [0.25, 0.3) is 0 Å². The van der Waals surface area contributed by atoms with E-state index in [-0.39, 0.29) is 5.97 Å². The van der Waals surface area contributed by atoms with Crippen LogP contribution in [0.3, 0.4) is 0 Å². The van der Waals surface area contributed by atoms with Crippen LogP contribution in [0.1, 0.15) is 48.5 Å². The molecule has 0 aliphatic heterocycles. The lowest BCUT2D eigenvalue weighted by molar-refractivity contribution is 0.0600. The molecule has 0 atom stereocenters. The standard InChI is InChI=1S/C17H26N2O2/c1-3-19(16-10-8-15(18)9-11-16)12-13-4-6-14(7-5-13)17(20)21-2/h4-7,15-16H,3,8-12,18H2,1-2H3. The summed E-state index contributed by atoms with van der Waals surface area (Å²) in [6.07, 6.45) is 4.63. The number of benzene rings is 1. The molecule has 0 spiro atoms. The van der Waals surface area contributed by atoms with Gasteiger partial charge in [-0.1, -0.05) is 19.1 Å². The Kier molecular flexibility index (Phi) is 5.76. The molecular formula is C17H26N2O2. The molecule has 1 aliphatic carbocycles. The Labute approximate surface area is 127 Å². The summed E-state index contributed by atoms with van der Waals surface area (Å²) < 4.78 is 4.72. The third kappa shape index (κ3) is 4.29. The topological polar surface area (TPSA) is 55.6 Å². The second kappa shape index (κ2) is 7.57. The van der Waals surface area contributed by atoms with Gasteiger partial charge in [-0.2, -0.15) is 0 Å². The largest absolute Gasteiger partial charge is 0.465 e. The summed E-state index contributed by atoms with van der Waals surface area (Å²) in [5, 5.41) is 0. The van der Waals surface area contributed by atoms with E-state index in [1.165, 1.54) is 25.5 Å². The van der Waals surface area contributed by atoms with E-state index < -0.39 is 0 Å². The summed E-state index contributed by atoms with van der Waals surface area (Å²) in [4.78, 5) is 13.9. The molecule has 0 amide bonds. The highest BCUT2D eigenvalue weighted by molar-refractivity contribution is 5.89. The molecule has 0 unspecified atom stereocenters. The van der Waals surface area contributed by atoms with Crippen LogP contribution < -0.4 is 5.73 Å². The minimum absolute atomic E-state index is 0.282. The first kappa shape index (κ1) is 16.0. The van der Waals surface area contributed by atoms with E-state index in [0.29, 0.717) is 17.6 Å². The zero-order valence-electron chi connectivity index (χ0n) is 13.0. The second-order valence-electron chi connectivity index (χ2n) is 5.82. The lowest BCUT2D eigenvalue weighted by Crippen LogP contribution is -2.40. The molecule has 21 heavy (non-hydrogen) atoms. The molecule has 1 aromatic carbocycles. The molecule has 1 saturated carbocycles. The molecule has 0 heterocycles. The Morgan fingerprint density at radius 3 is 2.38 bits per heavy atom. The molecule has 1 fully saturated rings. The number of carbonyl (C=O) groups excluding carboxylic acids is 1. The van der Waals surface area contributed by atoms with Crippen molar-refractivity contribution in [3.8, 4) is 0 Å². The number of hydrogen-bond acceptors (Lipinski definition) is 4. The van der Waals surface area contributed by atoms with Crippen LogP contribution in [0.25, 0.3) is 0 Å². The number of ether oxygens (including phenoxy) is 1. The van der Waals surface area contributed by atoms with Crippen LogP contribution in [0.15, 0.2) is 24.3 Å². The quantitative estimate of drug-likeness (QED) is 0.847. The monoisotopic (exact) mass is 290 g/mol. The maximum atomic E-state index is 11.4. The minimum atomic E-state index is -0.282. The van der Waals surface area contributed by atoms with E-state index in [4.69, 9.17) is 10.5 Å². The van der Waals surface area contributed by atoms with E-state index >= 15 is 0 Å². The summed E-state index contributed by atoms with van der Waals surface area (Å²) >= 11 is 0. The van der Waals surface area contributed by atoms with Crippen molar-refractivity contribution in [1.29, 1.82) is 0 Å². The van der Waals surface area contributed by atoms with Gasteiger partial charge in [0.2, 0.25) is 0 Å². The SMILES string of the molecule is CCN(Cc1ccc(C(=O)OC)cc1)C1CCC(N)CC1. The lowest BCUT2D eigenvalue weighted by Gasteiger charge is -2.35. The van der Waals surface area contributed by atoms with Crippen LogP contribution in [0, 0.1) is 0 Å². The second-order valence-corrected chi connectivity index (χ2v) is 5.82. The van der Waals surface area contributed by atoms with Gasteiger partial charge >= 0.3 is 5.97 Å². The van der Waals surface area contributed by atoms with E-state index in [1.807, 2.05) is 24.3 Å². The number of methoxy groups -OCH3 is 1. The van der Waals surface area contributed by atoms with Crippen LogP contribution in [0.4, 0.5) is 0 Å². The zero-order chi connectivity index (χ0) is 15.2. The van der Waals surface area contributed by atoms with Crippen molar-refractivity contribution in [3.05, 3.63) is 35.4 Å². The minimum Gasteiger partial charge on any atom is -0.465 e. The maximum absolute atomic E-state index is 11.4. The number of hydrogen-bond donors (Lipinski definition) is 1. The summed E-state index contributed by atoms with van der Waals surface area (Å²) in [6.45, 7) is 4.17. The predicted octanol–water partition coefficient (Wildman–Crippen LogP) is 2.57. The van der Waals surface area contributed by atoms with Gasteiger partial charge in [0, 0.05) is 18.6 Å². The number of nitrogens with two attached hydrogens (primary N) is 1. The van der Waals surface area contributed by atoms with E-state index in [0.717, 1.165) is 25.9 Å². The normalized spacial score (nSPS) is 22.3. The van der Waals surface area contributed by atoms with Crippen molar-refractivity contribution in [2.45, 2.75) is 51.2 Å². The Balaban J connectivity index is 1.96. The van der Waals surface area contributed by atoms with Crippen molar-refractivity contribution in [2.24, 2.45) is 5.73 Å². The van der Waals surface area contributed by atoms with Gasteiger partial charge in [-0.15, -0.1) is 0 Å². The summed E-state index contributed by atoms with van der Waals surface area (Å²) in [7, 11) is 1.41. The van der Waals surface area contributed by atoms with Crippen molar-refractivity contribution in [2.75, 3.05) is 13.7 Å². The molecule has 4 heteroatoms. The highest BCUT2D eigenvalue weighted by Gasteiger charge is 2.23. The first-order valence-electron chi connectivity index (χ1n) is 7.81. The van der Waals surface area contributed by atoms with Crippen LogP contribution in [0.2, 0.25) is 0 Å². The van der Waals surface area contributed by atoms with E-state index in [9.17, 15) is 4.79 Å². The number of rotatable bonds is 5. The van der Waals surface area contributed by atoms with Gasteiger partial charge in [-0.3, -0.25) is 4.90 Å². The van der Waals surface area contributed by atoms with E-state index in [2.05, 4.69) is 11.8 Å². The molecule has 1 aromatic rings. The first-order chi connectivity index (χ1) is 10.1. The van der Waals surface area contributed by atoms with Gasteiger partial charge in [0.1, 0.15) is 0 Å².